The molecule has 4 N–H and O–H groups in total. The number of nitrogens with zero attached hydrogens (tertiary/aromatic N) is 5. The van der Waals surface area contributed by atoms with Crippen molar-refractivity contribution in [1.29, 1.82) is 0 Å². The minimum absolute atomic E-state index is 0.0364. The number of anilines is 1. The van der Waals surface area contributed by atoms with Crippen LogP contribution in [0, 0.1) is 6.92 Å². The summed E-state index contributed by atoms with van der Waals surface area (Å²) in [5.41, 5.74) is 6.09. The highest BCUT2D eigenvalue weighted by Gasteiger charge is 2.27. The summed E-state index contributed by atoms with van der Waals surface area (Å²) in [4.78, 5) is 29.4. The average Bonchev–Trinajstić information content (AvgIpc) is 3.40. The van der Waals surface area contributed by atoms with E-state index in [4.69, 9.17) is 17.3 Å². The molecule has 0 aliphatic heterocycles. The molecule has 0 spiro atoms. The van der Waals surface area contributed by atoms with Gasteiger partial charge in [-0.3, -0.25) is 14.7 Å². The first-order valence-corrected chi connectivity index (χ1v) is 9.80. The molecule has 1 unspecified atom stereocenters. The van der Waals surface area contributed by atoms with E-state index < -0.39 is 30.5 Å². The highest BCUT2D eigenvalue weighted by atomic mass is 35.5. The van der Waals surface area contributed by atoms with Crippen LogP contribution in [0.25, 0.3) is 16.9 Å². The van der Waals surface area contributed by atoms with Crippen LogP contribution in [0.3, 0.4) is 0 Å². The second kappa shape index (κ2) is 8.97. The summed E-state index contributed by atoms with van der Waals surface area (Å²) in [5.74, 6) is -2.44. The quantitative estimate of drug-likeness (QED) is 0.357. The first kappa shape index (κ1) is 23.0. The zero-order valence-electron chi connectivity index (χ0n) is 17.1. The standard InChI is InChI=1S/C19H14ClF3N8O3/c1-7-5-9-14(28-30-27-9)12(17(24)32)13(7)26-19(33)10-6-11(34-16(23)15(21)22)29-31(10)18-8(20)3-2-4-25-18/h2-6,15-16H,1H3,(H2,24,32)(H,26,33)(H,27,28,30). The third kappa shape index (κ3) is 4.22. The number of aryl methyl sites for hydroxylation is 1. The van der Waals surface area contributed by atoms with Gasteiger partial charge in [-0.05, 0) is 30.7 Å². The molecule has 3 heterocycles. The van der Waals surface area contributed by atoms with Crippen LogP contribution in [0.15, 0.2) is 30.5 Å². The van der Waals surface area contributed by atoms with Gasteiger partial charge in [0.25, 0.3) is 18.2 Å². The van der Waals surface area contributed by atoms with Gasteiger partial charge in [-0.1, -0.05) is 16.8 Å². The second-order valence-corrected chi connectivity index (χ2v) is 7.27. The minimum atomic E-state index is -3.45. The lowest BCUT2D eigenvalue weighted by Crippen LogP contribution is -2.22. The van der Waals surface area contributed by atoms with Crippen molar-refractivity contribution in [2.45, 2.75) is 19.7 Å². The Kier molecular flexibility index (Phi) is 6.06. The van der Waals surface area contributed by atoms with E-state index in [9.17, 15) is 22.8 Å². The Morgan fingerprint density at radius 1 is 1.29 bits per heavy atom. The van der Waals surface area contributed by atoms with Crippen LogP contribution in [0.1, 0.15) is 26.4 Å². The Morgan fingerprint density at radius 3 is 2.74 bits per heavy atom. The lowest BCUT2D eigenvalue weighted by Gasteiger charge is -2.13. The Morgan fingerprint density at radius 2 is 2.06 bits per heavy atom. The lowest BCUT2D eigenvalue weighted by molar-refractivity contribution is -0.0691. The molecule has 1 aromatic carbocycles. The summed E-state index contributed by atoms with van der Waals surface area (Å²) in [6.07, 6.45) is -5.09. The molecular formula is C19H14ClF3N8O3. The van der Waals surface area contributed by atoms with Gasteiger partial charge in [0.15, 0.2) is 5.82 Å². The number of fused-ring (bicyclic) bond motifs is 1. The van der Waals surface area contributed by atoms with Crippen molar-refractivity contribution in [3.63, 3.8) is 0 Å². The Hall–Kier alpha value is -4.20. The van der Waals surface area contributed by atoms with Gasteiger partial charge in [-0.15, -0.1) is 10.2 Å². The van der Waals surface area contributed by atoms with Gasteiger partial charge in [0.1, 0.15) is 16.7 Å². The zero-order chi connectivity index (χ0) is 24.6. The fraction of sp³-hybridized carbons (Fsp3) is 0.158. The molecule has 0 aliphatic carbocycles. The normalized spacial score (nSPS) is 12.2. The number of hydrogen-bond donors (Lipinski definition) is 3. The van der Waals surface area contributed by atoms with Crippen molar-refractivity contribution in [3.8, 4) is 11.7 Å². The predicted molar refractivity (Wildman–Crippen MR) is 113 cm³/mol. The summed E-state index contributed by atoms with van der Waals surface area (Å²) < 4.78 is 44.1. The van der Waals surface area contributed by atoms with Crippen molar-refractivity contribution in [2.75, 3.05) is 5.32 Å². The number of hydrogen-bond acceptors (Lipinski definition) is 7. The van der Waals surface area contributed by atoms with E-state index in [1.54, 1.807) is 13.0 Å². The predicted octanol–water partition coefficient (Wildman–Crippen LogP) is 2.79. The van der Waals surface area contributed by atoms with Crippen LogP contribution in [-0.2, 0) is 0 Å². The molecular weight excluding hydrogens is 481 g/mol. The highest BCUT2D eigenvalue weighted by molar-refractivity contribution is 6.32. The van der Waals surface area contributed by atoms with Gasteiger partial charge >= 0.3 is 6.43 Å². The fourth-order valence-electron chi connectivity index (χ4n) is 3.15. The van der Waals surface area contributed by atoms with E-state index in [1.807, 2.05) is 0 Å². The molecule has 0 fully saturated rings. The van der Waals surface area contributed by atoms with Crippen LogP contribution in [0.4, 0.5) is 18.9 Å². The molecule has 4 aromatic rings. The van der Waals surface area contributed by atoms with Crippen molar-refractivity contribution in [3.05, 3.63) is 52.3 Å². The summed E-state index contributed by atoms with van der Waals surface area (Å²) >= 11 is 6.14. The fourth-order valence-corrected chi connectivity index (χ4v) is 3.35. The van der Waals surface area contributed by atoms with Crippen molar-refractivity contribution >= 4 is 40.1 Å². The van der Waals surface area contributed by atoms with E-state index >= 15 is 0 Å². The maximum absolute atomic E-state index is 13.5. The number of aromatic nitrogens is 6. The number of benzene rings is 1. The maximum atomic E-state index is 13.5. The SMILES string of the molecule is Cc1cc2nn[nH]c2c(C(N)=O)c1NC(=O)c1cc(OC(F)C(F)F)nn1-c1ncccc1Cl. The van der Waals surface area contributed by atoms with Crippen LogP contribution < -0.4 is 15.8 Å². The molecule has 4 rings (SSSR count). The number of halogens is 4. The number of nitrogens with two attached hydrogens (primary N) is 1. The molecule has 0 saturated carbocycles. The summed E-state index contributed by atoms with van der Waals surface area (Å²) in [7, 11) is 0. The highest BCUT2D eigenvalue weighted by Crippen LogP contribution is 2.29. The first-order valence-electron chi connectivity index (χ1n) is 9.42. The van der Waals surface area contributed by atoms with E-state index in [2.05, 4.69) is 35.5 Å². The van der Waals surface area contributed by atoms with Crippen molar-refractivity contribution in [1.82, 2.24) is 30.2 Å². The monoisotopic (exact) mass is 494 g/mol. The second-order valence-electron chi connectivity index (χ2n) is 6.86. The van der Waals surface area contributed by atoms with Crippen molar-refractivity contribution in [2.24, 2.45) is 5.73 Å². The molecule has 0 aliphatic rings. The van der Waals surface area contributed by atoms with Gasteiger partial charge in [0.05, 0.1) is 16.3 Å². The van der Waals surface area contributed by atoms with Crippen LogP contribution in [0.5, 0.6) is 5.88 Å². The molecule has 0 bridgehead atoms. The zero-order valence-corrected chi connectivity index (χ0v) is 17.8. The van der Waals surface area contributed by atoms with Crippen LogP contribution in [0.2, 0.25) is 5.02 Å². The number of rotatable bonds is 7. The summed E-state index contributed by atoms with van der Waals surface area (Å²) in [5, 5.41) is 16.4. The number of carbonyl (C=O) groups is 2. The number of carbonyl (C=O) groups excluding carboxylic acids is 2. The number of pyridine rings is 1. The third-order valence-corrected chi connectivity index (χ3v) is 4.89. The minimum Gasteiger partial charge on any atom is -0.436 e. The number of H-pyrrole nitrogens is 1. The molecule has 34 heavy (non-hydrogen) atoms. The van der Waals surface area contributed by atoms with Gasteiger partial charge in [-0.25, -0.2) is 18.4 Å². The van der Waals surface area contributed by atoms with Gasteiger partial charge < -0.3 is 15.8 Å². The van der Waals surface area contributed by atoms with Crippen molar-refractivity contribution < 1.29 is 27.5 Å². The van der Waals surface area contributed by atoms with E-state index in [-0.39, 0.29) is 33.3 Å². The average molecular weight is 495 g/mol. The molecule has 3 aromatic heterocycles. The Labute approximate surface area is 193 Å². The Bertz CT molecular complexity index is 1410. The van der Waals surface area contributed by atoms with E-state index in [0.717, 1.165) is 10.7 Å². The largest absolute Gasteiger partial charge is 0.436 e. The first-order chi connectivity index (χ1) is 16.2. The molecule has 11 nitrogen and oxygen atoms in total. The van der Waals surface area contributed by atoms with Crippen LogP contribution in [-0.4, -0.2) is 54.8 Å². The molecule has 1 atom stereocenters. The third-order valence-electron chi connectivity index (χ3n) is 4.60. The number of alkyl halides is 3. The Balaban J connectivity index is 1.80. The number of ether oxygens (including phenoxy) is 1. The molecule has 0 saturated heterocycles. The molecule has 176 valence electrons. The summed E-state index contributed by atoms with van der Waals surface area (Å²) in [6, 6.07) is 5.43. The maximum Gasteiger partial charge on any atom is 0.304 e. The number of primary amides is 1. The number of nitrogens with one attached hydrogen (secondary N) is 2. The topological polar surface area (TPSA) is 154 Å². The lowest BCUT2D eigenvalue weighted by atomic mass is 10.0. The van der Waals surface area contributed by atoms with Gasteiger partial charge in [0, 0.05) is 12.3 Å². The van der Waals surface area contributed by atoms with E-state index in [0.29, 0.717) is 11.1 Å². The smallest absolute Gasteiger partial charge is 0.304 e. The van der Waals surface area contributed by atoms with Gasteiger partial charge in [-0.2, -0.15) is 4.39 Å². The molecule has 15 heteroatoms. The number of aromatic amines is 1. The van der Waals surface area contributed by atoms with Crippen LogP contribution >= 0.6 is 11.6 Å². The summed E-state index contributed by atoms with van der Waals surface area (Å²) in [6.45, 7) is 1.59. The van der Waals surface area contributed by atoms with E-state index in [1.165, 1.54) is 18.3 Å². The molecule has 2 amide bonds. The number of amides is 2. The molecule has 0 radical (unpaired) electrons. The van der Waals surface area contributed by atoms with Gasteiger partial charge in [0.2, 0.25) is 5.88 Å².